The zero-order valence-corrected chi connectivity index (χ0v) is 18.3. The van der Waals surface area contributed by atoms with Gasteiger partial charge in [0, 0.05) is 43.7 Å². The molecule has 1 fully saturated rings. The molecule has 32 heavy (non-hydrogen) atoms. The van der Waals surface area contributed by atoms with Crippen LogP contribution >= 0.6 is 11.3 Å². The Bertz CT molecular complexity index is 1080. The minimum Gasteiger partial charge on any atom is -0.322 e. The number of halogens is 3. The Hall–Kier alpha value is -2.75. The van der Waals surface area contributed by atoms with E-state index in [9.17, 15) is 18.0 Å². The Morgan fingerprint density at radius 2 is 1.78 bits per heavy atom. The summed E-state index contributed by atoms with van der Waals surface area (Å²) in [5.74, 6) is -4.74. The molecule has 0 saturated carbocycles. The van der Waals surface area contributed by atoms with Crippen molar-refractivity contribution in [2.24, 2.45) is 0 Å². The van der Waals surface area contributed by atoms with Crippen LogP contribution in [0.25, 0.3) is 10.6 Å². The van der Waals surface area contributed by atoms with Crippen molar-refractivity contribution >= 4 is 22.9 Å². The molecule has 1 aromatic heterocycles. The van der Waals surface area contributed by atoms with Crippen molar-refractivity contribution in [2.45, 2.75) is 19.5 Å². The molecule has 1 N–H and O–H groups in total. The topological polar surface area (TPSA) is 48.5 Å². The Labute approximate surface area is 188 Å². The molecule has 168 valence electrons. The van der Waals surface area contributed by atoms with Gasteiger partial charge in [0.1, 0.15) is 5.01 Å². The number of carbonyl (C=O) groups excluding carboxylic acids is 1. The van der Waals surface area contributed by atoms with Crippen LogP contribution in [0.3, 0.4) is 0 Å². The summed E-state index contributed by atoms with van der Waals surface area (Å²) in [6, 6.07) is 11.3. The first-order chi connectivity index (χ1) is 15.4. The fourth-order valence-corrected chi connectivity index (χ4v) is 4.47. The number of amides is 1. The van der Waals surface area contributed by atoms with Gasteiger partial charge in [-0.05, 0) is 19.1 Å². The van der Waals surface area contributed by atoms with Crippen LogP contribution in [0.2, 0.25) is 0 Å². The van der Waals surface area contributed by atoms with Gasteiger partial charge < -0.3 is 5.32 Å². The Kier molecular flexibility index (Phi) is 6.88. The summed E-state index contributed by atoms with van der Waals surface area (Å²) in [6.07, 6.45) is 0. The average molecular weight is 461 g/mol. The second-order valence-corrected chi connectivity index (χ2v) is 8.57. The molecule has 1 aliphatic heterocycles. The highest BCUT2D eigenvalue weighted by molar-refractivity contribution is 7.13. The molecular formula is C23H23F3N4OS. The molecule has 3 aromatic rings. The number of thiazole rings is 1. The number of benzene rings is 2. The number of carbonyl (C=O) groups is 1. The third kappa shape index (κ3) is 5.01. The number of piperazine rings is 1. The van der Waals surface area contributed by atoms with Gasteiger partial charge in [0.25, 0.3) is 0 Å². The lowest BCUT2D eigenvalue weighted by Gasteiger charge is -2.37. The summed E-state index contributed by atoms with van der Waals surface area (Å²) < 4.78 is 40.3. The first kappa shape index (κ1) is 22.4. The van der Waals surface area contributed by atoms with Crippen molar-refractivity contribution in [3.05, 3.63) is 71.0 Å². The fourth-order valence-electron chi connectivity index (χ4n) is 3.66. The summed E-state index contributed by atoms with van der Waals surface area (Å²) in [6.45, 7) is 5.28. The minimum absolute atomic E-state index is 0.364. The van der Waals surface area contributed by atoms with Crippen molar-refractivity contribution in [3.63, 3.8) is 0 Å². The quantitative estimate of drug-likeness (QED) is 0.555. The van der Waals surface area contributed by atoms with E-state index in [2.05, 4.69) is 15.6 Å². The van der Waals surface area contributed by atoms with Crippen LogP contribution in [0.15, 0.2) is 47.8 Å². The number of hydrogen-bond acceptors (Lipinski definition) is 5. The summed E-state index contributed by atoms with van der Waals surface area (Å²) in [4.78, 5) is 21.5. The van der Waals surface area contributed by atoms with Gasteiger partial charge in [-0.3, -0.25) is 14.6 Å². The molecule has 1 unspecified atom stereocenters. The van der Waals surface area contributed by atoms with Crippen molar-refractivity contribution in [1.82, 2.24) is 14.8 Å². The van der Waals surface area contributed by atoms with Crippen LogP contribution in [0.1, 0.15) is 12.6 Å². The number of nitrogens with zero attached hydrogens (tertiary/aromatic N) is 3. The van der Waals surface area contributed by atoms with E-state index < -0.39 is 29.4 Å². The van der Waals surface area contributed by atoms with Crippen LogP contribution < -0.4 is 5.32 Å². The molecule has 1 aliphatic rings. The lowest BCUT2D eigenvalue weighted by atomic mass is 10.2. The van der Waals surface area contributed by atoms with Gasteiger partial charge in [-0.1, -0.05) is 30.3 Å². The first-order valence-electron chi connectivity index (χ1n) is 10.3. The standard InChI is InChI=1S/C23H23F3N4OS/c1-15(22(31)28-19-8-7-18(24)20(25)21(19)26)30-11-9-29(10-12-30)13-17-14-32-23(27-17)16-5-3-2-4-6-16/h2-8,14-15H,9-13H2,1H3,(H,28,31). The summed E-state index contributed by atoms with van der Waals surface area (Å²) in [7, 11) is 0. The number of hydrogen-bond donors (Lipinski definition) is 1. The highest BCUT2D eigenvalue weighted by Gasteiger charge is 2.27. The van der Waals surface area contributed by atoms with Crippen molar-refractivity contribution < 1.29 is 18.0 Å². The number of rotatable bonds is 6. The average Bonchev–Trinajstić information content (AvgIpc) is 3.28. The highest BCUT2D eigenvalue weighted by Crippen LogP contribution is 2.24. The normalized spacial score (nSPS) is 16.1. The largest absolute Gasteiger partial charge is 0.322 e. The molecule has 5 nitrogen and oxygen atoms in total. The van der Waals surface area contributed by atoms with Crippen LogP contribution in [0, 0.1) is 17.5 Å². The van der Waals surface area contributed by atoms with Gasteiger partial charge in [-0.15, -0.1) is 11.3 Å². The predicted molar refractivity (Wildman–Crippen MR) is 119 cm³/mol. The summed E-state index contributed by atoms with van der Waals surface area (Å²) in [5, 5.41) is 5.43. The molecule has 2 heterocycles. The van der Waals surface area contributed by atoms with Gasteiger partial charge in [0.2, 0.25) is 5.91 Å². The Morgan fingerprint density at radius 3 is 2.50 bits per heavy atom. The number of anilines is 1. The van der Waals surface area contributed by atoms with Crippen LogP contribution in [-0.4, -0.2) is 52.9 Å². The Morgan fingerprint density at radius 1 is 1.06 bits per heavy atom. The molecule has 1 saturated heterocycles. The maximum atomic E-state index is 13.8. The van der Waals surface area contributed by atoms with Crippen LogP contribution in [-0.2, 0) is 11.3 Å². The molecule has 1 amide bonds. The molecular weight excluding hydrogens is 437 g/mol. The van der Waals surface area contributed by atoms with E-state index in [1.54, 1.807) is 18.3 Å². The third-order valence-electron chi connectivity index (χ3n) is 5.59. The van der Waals surface area contributed by atoms with Gasteiger partial charge >= 0.3 is 0 Å². The van der Waals surface area contributed by atoms with Crippen molar-refractivity contribution in [3.8, 4) is 10.6 Å². The van der Waals surface area contributed by atoms with E-state index in [0.717, 1.165) is 48.0 Å². The zero-order valence-electron chi connectivity index (χ0n) is 17.5. The van der Waals surface area contributed by atoms with Crippen molar-refractivity contribution in [1.29, 1.82) is 0 Å². The molecule has 9 heteroatoms. The Balaban J connectivity index is 1.29. The lowest BCUT2D eigenvalue weighted by Crippen LogP contribution is -2.52. The summed E-state index contributed by atoms with van der Waals surface area (Å²) in [5.41, 5.74) is 1.75. The summed E-state index contributed by atoms with van der Waals surface area (Å²) >= 11 is 1.62. The van der Waals surface area contributed by atoms with E-state index >= 15 is 0 Å². The van der Waals surface area contributed by atoms with Crippen LogP contribution in [0.4, 0.5) is 18.9 Å². The molecule has 2 aromatic carbocycles. The number of nitrogens with one attached hydrogen (secondary N) is 1. The third-order valence-corrected chi connectivity index (χ3v) is 6.53. The van der Waals surface area contributed by atoms with E-state index in [-0.39, 0.29) is 5.69 Å². The maximum Gasteiger partial charge on any atom is 0.241 e. The molecule has 0 bridgehead atoms. The highest BCUT2D eigenvalue weighted by atomic mass is 32.1. The maximum absolute atomic E-state index is 13.8. The first-order valence-corrected chi connectivity index (χ1v) is 11.2. The molecule has 1 atom stereocenters. The molecule has 0 spiro atoms. The van der Waals surface area contributed by atoms with E-state index in [4.69, 9.17) is 4.98 Å². The van der Waals surface area contributed by atoms with E-state index in [0.29, 0.717) is 13.1 Å². The minimum atomic E-state index is -1.60. The van der Waals surface area contributed by atoms with Crippen molar-refractivity contribution in [2.75, 3.05) is 31.5 Å². The second-order valence-electron chi connectivity index (χ2n) is 7.71. The number of aromatic nitrogens is 1. The van der Waals surface area contributed by atoms with Gasteiger partial charge in [0.15, 0.2) is 17.5 Å². The lowest BCUT2D eigenvalue weighted by molar-refractivity contribution is -0.121. The van der Waals surface area contributed by atoms with E-state index in [1.165, 1.54) is 0 Å². The SMILES string of the molecule is CC(C(=O)Nc1ccc(F)c(F)c1F)N1CCN(Cc2csc(-c3ccccc3)n2)CC1. The van der Waals surface area contributed by atoms with Gasteiger partial charge in [-0.25, -0.2) is 18.2 Å². The zero-order chi connectivity index (χ0) is 22.7. The molecule has 0 radical (unpaired) electrons. The smallest absolute Gasteiger partial charge is 0.241 e. The van der Waals surface area contributed by atoms with Gasteiger partial charge in [-0.2, -0.15) is 0 Å². The van der Waals surface area contributed by atoms with E-state index in [1.807, 2.05) is 35.2 Å². The van der Waals surface area contributed by atoms with Gasteiger partial charge in [0.05, 0.1) is 17.4 Å². The molecule has 4 rings (SSSR count). The fraction of sp³-hybridized carbons (Fsp3) is 0.304. The van der Waals surface area contributed by atoms with Crippen LogP contribution in [0.5, 0.6) is 0 Å². The molecule has 0 aliphatic carbocycles. The monoisotopic (exact) mass is 460 g/mol. The second kappa shape index (κ2) is 9.81. The predicted octanol–water partition coefficient (Wildman–Crippen LogP) is 4.37.